The molecule has 1 spiro atoms. The molecule has 1 fully saturated rings. The van der Waals surface area contributed by atoms with Gasteiger partial charge in [0.05, 0.1) is 0 Å². The van der Waals surface area contributed by atoms with E-state index < -0.39 is 0 Å². The molecule has 0 bridgehead atoms. The van der Waals surface area contributed by atoms with Gasteiger partial charge in [0.1, 0.15) is 11.4 Å². The SMILES string of the molecule is Cc1ccc2c(c1)C(N)CC1(CCCC(C)C1C)O2. The zero-order valence-corrected chi connectivity index (χ0v) is 12.3. The van der Waals surface area contributed by atoms with E-state index >= 15 is 0 Å². The van der Waals surface area contributed by atoms with E-state index in [4.69, 9.17) is 10.5 Å². The van der Waals surface area contributed by atoms with Gasteiger partial charge < -0.3 is 10.5 Å². The Labute approximate surface area is 116 Å². The fraction of sp³-hybridized carbons (Fsp3) is 0.647. The van der Waals surface area contributed by atoms with E-state index in [0.29, 0.717) is 5.92 Å². The van der Waals surface area contributed by atoms with Crippen molar-refractivity contribution < 1.29 is 4.74 Å². The first-order chi connectivity index (χ1) is 9.02. The van der Waals surface area contributed by atoms with Gasteiger partial charge >= 0.3 is 0 Å². The van der Waals surface area contributed by atoms with Crippen molar-refractivity contribution in [3.05, 3.63) is 29.3 Å². The highest BCUT2D eigenvalue weighted by molar-refractivity contribution is 5.41. The van der Waals surface area contributed by atoms with Crippen LogP contribution < -0.4 is 10.5 Å². The molecule has 1 aromatic carbocycles. The average Bonchev–Trinajstić information content (AvgIpc) is 2.37. The first-order valence-electron chi connectivity index (χ1n) is 7.57. The Balaban J connectivity index is 1.98. The molecule has 2 aliphatic rings. The smallest absolute Gasteiger partial charge is 0.124 e. The Morgan fingerprint density at radius 2 is 2.11 bits per heavy atom. The predicted octanol–water partition coefficient (Wildman–Crippen LogP) is 3.97. The molecule has 2 nitrogen and oxygen atoms in total. The summed E-state index contributed by atoms with van der Waals surface area (Å²) in [5.74, 6) is 2.33. The average molecular weight is 259 g/mol. The van der Waals surface area contributed by atoms with E-state index in [2.05, 4.69) is 39.0 Å². The van der Waals surface area contributed by atoms with E-state index in [0.717, 1.165) is 24.5 Å². The second-order valence-corrected chi connectivity index (χ2v) is 6.68. The van der Waals surface area contributed by atoms with Gasteiger partial charge in [0, 0.05) is 18.0 Å². The summed E-state index contributed by atoms with van der Waals surface area (Å²) in [6.07, 6.45) is 4.70. The van der Waals surface area contributed by atoms with Crippen LogP contribution in [0.25, 0.3) is 0 Å². The molecule has 1 aromatic rings. The Bertz CT molecular complexity index is 484. The van der Waals surface area contributed by atoms with Crippen LogP contribution in [0.2, 0.25) is 0 Å². The van der Waals surface area contributed by atoms with Crippen LogP contribution in [-0.2, 0) is 0 Å². The van der Waals surface area contributed by atoms with Gasteiger partial charge in [-0.05, 0) is 37.7 Å². The third-order valence-corrected chi connectivity index (χ3v) is 5.39. The number of rotatable bonds is 0. The molecule has 1 heterocycles. The van der Waals surface area contributed by atoms with Crippen LogP contribution in [-0.4, -0.2) is 5.60 Å². The molecule has 3 rings (SSSR count). The summed E-state index contributed by atoms with van der Waals surface area (Å²) in [5.41, 5.74) is 8.87. The fourth-order valence-electron chi connectivity index (χ4n) is 3.94. The molecule has 4 unspecified atom stereocenters. The summed E-state index contributed by atoms with van der Waals surface area (Å²) in [6, 6.07) is 6.54. The highest BCUT2D eigenvalue weighted by Crippen LogP contribution is 2.49. The summed E-state index contributed by atoms with van der Waals surface area (Å²) in [7, 11) is 0. The number of fused-ring (bicyclic) bond motifs is 1. The molecule has 4 atom stereocenters. The van der Waals surface area contributed by atoms with Crippen molar-refractivity contribution in [1.29, 1.82) is 0 Å². The zero-order valence-electron chi connectivity index (χ0n) is 12.3. The Morgan fingerprint density at radius 3 is 2.89 bits per heavy atom. The molecule has 104 valence electrons. The molecule has 0 amide bonds. The minimum atomic E-state index is -0.0284. The van der Waals surface area contributed by atoms with Crippen molar-refractivity contribution in [3.8, 4) is 5.75 Å². The Morgan fingerprint density at radius 1 is 1.32 bits per heavy atom. The normalized spacial score (nSPS) is 37.8. The lowest BCUT2D eigenvalue weighted by Gasteiger charge is -2.50. The molecule has 1 aliphatic carbocycles. The summed E-state index contributed by atoms with van der Waals surface area (Å²) in [4.78, 5) is 0. The standard InChI is InChI=1S/C17H25NO/c1-11-6-7-16-14(9-11)15(18)10-17(19-16)8-4-5-12(2)13(17)3/h6-7,9,12-13,15H,4-5,8,10,18H2,1-3H3. The van der Waals surface area contributed by atoms with E-state index in [9.17, 15) is 0 Å². The van der Waals surface area contributed by atoms with Gasteiger partial charge in [-0.2, -0.15) is 0 Å². The minimum Gasteiger partial charge on any atom is -0.487 e. The largest absolute Gasteiger partial charge is 0.487 e. The summed E-state index contributed by atoms with van der Waals surface area (Å²) in [6.45, 7) is 6.81. The number of benzene rings is 1. The molecule has 19 heavy (non-hydrogen) atoms. The van der Waals surface area contributed by atoms with Crippen molar-refractivity contribution in [2.75, 3.05) is 0 Å². The van der Waals surface area contributed by atoms with Gasteiger partial charge in [0.15, 0.2) is 0 Å². The van der Waals surface area contributed by atoms with Crippen LogP contribution in [0.3, 0.4) is 0 Å². The molecular formula is C17H25NO. The number of nitrogens with two attached hydrogens (primary N) is 1. The third kappa shape index (κ3) is 2.06. The van der Waals surface area contributed by atoms with E-state index in [1.807, 2.05) is 0 Å². The van der Waals surface area contributed by atoms with E-state index in [-0.39, 0.29) is 11.6 Å². The molecule has 1 aliphatic heterocycles. The maximum absolute atomic E-state index is 6.49. The van der Waals surface area contributed by atoms with Crippen LogP contribution >= 0.6 is 0 Å². The maximum atomic E-state index is 6.49. The molecule has 0 radical (unpaired) electrons. The van der Waals surface area contributed by atoms with Crippen molar-refractivity contribution in [1.82, 2.24) is 0 Å². The topological polar surface area (TPSA) is 35.2 Å². The molecule has 2 N–H and O–H groups in total. The highest BCUT2D eigenvalue weighted by atomic mass is 16.5. The number of aryl methyl sites for hydroxylation is 1. The van der Waals surface area contributed by atoms with Crippen LogP contribution in [0, 0.1) is 18.8 Å². The van der Waals surface area contributed by atoms with Crippen LogP contribution in [0.15, 0.2) is 18.2 Å². The number of hydrogen-bond acceptors (Lipinski definition) is 2. The third-order valence-electron chi connectivity index (χ3n) is 5.39. The van der Waals surface area contributed by atoms with E-state index in [1.54, 1.807) is 0 Å². The summed E-state index contributed by atoms with van der Waals surface area (Å²) < 4.78 is 6.49. The highest BCUT2D eigenvalue weighted by Gasteiger charge is 2.47. The number of hydrogen-bond donors (Lipinski definition) is 1. The van der Waals surface area contributed by atoms with Gasteiger partial charge in [0.2, 0.25) is 0 Å². The predicted molar refractivity (Wildman–Crippen MR) is 78.3 cm³/mol. The van der Waals surface area contributed by atoms with Crippen molar-refractivity contribution in [2.45, 2.75) is 58.1 Å². The van der Waals surface area contributed by atoms with Gasteiger partial charge in [-0.3, -0.25) is 0 Å². The minimum absolute atomic E-state index is 0.0284. The van der Waals surface area contributed by atoms with Gasteiger partial charge in [-0.25, -0.2) is 0 Å². The lowest BCUT2D eigenvalue weighted by molar-refractivity contribution is -0.0614. The maximum Gasteiger partial charge on any atom is 0.124 e. The van der Waals surface area contributed by atoms with Crippen molar-refractivity contribution in [2.24, 2.45) is 17.6 Å². The van der Waals surface area contributed by atoms with Crippen LogP contribution in [0.4, 0.5) is 0 Å². The lowest BCUT2D eigenvalue weighted by atomic mass is 9.66. The summed E-state index contributed by atoms with van der Waals surface area (Å²) in [5, 5.41) is 0. The molecule has 2 heteroatoms. The van der Waals surface area contributed by atoms with Crippen molar-refractivity contribution in [3.63, 3.8) is 0 Å². The molecule has 0 aromatic heterocycles. The quantitative estimate of drug-likeness (QED) is 0.765. The summed E-state index contributed by atoms with van der Waals surface area (Å²) >= 11 is 0. The van der Waals surface area contributed by atoms with Crippen LogP contribution in [0.1, 0.15) is 56.7 Å². The van der Waals surface area contributed by atoms with Crippen molar-refractivity contribution >= 4 is 0 Å². The first-order valence-corrected chi connectivity index (χ1v) is 7.57. The van der Waals surface area contributed by atoms with E-state index in [1.165, 1.54) is 24.0 Å². The first kappa shape index (κ1) is 13.0. The molecular weight excluding hydrogens is 234 g/mol. The Hall–Kier alpha value is -1.02. The lowest BCUT2D eigenvalue weighted by Crippen LogP contribution is -2.52. The monoisotopic (exact) mass is 259 g/mol. The molecule has 1 saturated carbocycles. The Kier molecular flexibility index (Phi) is 3.09. The molecule has 0 saturated heterocycles. The van der Waals surface area contributed by atoms with Gasteiger partial charge in [-0.15, -0.1) is 0 Å². The van der Waals surface area contributed by atoms with Gasteiger partial charge in [-0.1, -0.05) is 38.0 Å². The second-order valence-electron chi connectivity index (χ2n) is 6.68. The number of ether oxygens (including phenoxy) is 1. The second kappa shape index (κ2) is 4.52. The zero-order chi connectivity index (χ0) is 13.6. The van der Waals surface area contributed by atoms with Crippen LogP contribution in [0.5, 0.6) is 5.75 Å². The fourth-order valence-corrected chi connectivity index (χ4v) is 3.94. The van der Waals surface area contributed by atoms with Gasteiger partial charge in [0.25, 0.3) is 0 Å².